The van der Waals surface area contributed by atoms with Crippen molar-refractivity contribution >= 4 is 15.9 Å². The van der Waals surface area contributed by atoms with Gasteiger partial charge in [-0.25, -0.2) is 4.79 Å². The van der Waals surface area contributed by atoms with Gasteiger partial charge in [0.1, 0.15) is 11.5 Å². The molecule has 2 rings (SSSR count). The van der Waals surface area contributed by atoms with Gasteiger partial charge in [-0.05, 0) is 30.3 Å². The Morgan fingerprint density at radius 1 is 1.19 bits per heavy atom. The second-order valence-electron chi connectivity index (χ2n) is 3.19. The number of benzene rings is 1. The predicted molar refractivity (Wildman–Crippen MR) is 64.7 cm³/mol. The molecule has 3 nitrogen and oxygen atoms in total. The van der Waals surface area contributed by atoms with Crippen molar-refractivity contribution in [3.05, 3.63) is 51.3 Å². The van der Waals surface area contributed by atoms with Gasteiger partial charge in [0.05, 0.1) is 7.11 Å². The van der Waals surface area contributed by atoms with Gasteiger partial charge < -0.3 is 9.15 Å². The van der Waals surface area contributed by atoms with E-state index in [-0.39, 0.29) is 5.63 Å². The maximum Gasteiger partial charge on any atom is 0.337 e. The van der Waals surface area contributed by atoms with E-state index in [4.69, 9.17) is 9.15 Å². The molecule has 1 aromatic carbocycles. The van der Waals surface area contributed by atoms with Crippen LogP contribution in [0.3, 0.4) is 0 Å². The van der Waals surface area contributed by atoms with Crippen LogP contribution in [-0.4, -0.2) is 7.11 Å². The number of ether oxygens (including phenoxy) is 1. The second kappa shape index (κ2) is 4.53. The van der Waals surface area contributed by atoms with Gasteiger partial charge in [-0.15, -0.1) is 0 Å². The van der Waals surface area contributed by atoms with Crippen LogP contribution >= 0.6 is 15.9 Å². The molecule has 0 saturated heterocycles. The molecule has 4 heteroatoms. The fourth-order valence-corrected chi connectivity index (χ4v) is 1.74. The van der Waals surface area contributed by atoms with E-state index < -0.39 is 0 Å². The molecule has 0 aliphatic rings. The molecular weight excluding hydrogens is 272 g/mol. The van der Waals surface area contributed by atoms with Gasteiger partial charge in [0.2, 0.25) is 0 Å². The van der Waals surface area contributed by atoms with Gasteiger partial charge >= 0.3 is 5.63 Å². The SMILES string of the molecule is COc1ccc(-c2cc(Br)cc(=O)o2)cc1. The van der Waals surface area contributed by atoms with E-state index in [0.717, 1.165) is 11.3 Å². The molecule has 0 aliphatic carbocycles. The minimum Gasteiger partial charge on any atom is -0.497 e. The summed E-state index contributed by atoms with van der Waals surface area (Å²) in [6, 6.07) is 10.4. The third-order valence-electron chi connectivity index (χ3n) is 2.11. The van der Waals surface area contributed by atoms with Crippen molar-refractivity contribution in [2.45, 2.75) is 0 Å². The summed E-state index contributed by atoms with van der Waals surface area (Å²) in [4.78, 5) is 11.2. The van der Waals surface area contributed by atoms with Crippen molar-refractivity contribution in [3.63, 3.8) is 0 Å². The quantitative estimate of drug-likeness (QED) is 0.849. The first-order valence-corrected chi connectivity index (χ1v) is 5.43. The summed E-state index contributed by atoms with van der Waals surface area (Å²) in [5.74, 6) is 1.29. The lowest BCUT2D eigenvalue weighted by Crippen LogP contribution is -1.96. The van der Waals surface area contributed by atoms with Crippen molar-refractivity contribution in [3.8, 4) is 17.1 Å². The highest BCUT2D eigenvalue weighted by Crippen LogP contribution is 2.23. The Morgan fingerprint density at radius 3 is 2.44 bits per heavy atom. The van der Waals surface area contributed by atoms with Crippen molar-refractivity contribution < 1.29 is 9.15 Å². The van der Waals surface area contributed by atoms with Crippen LogP contribution in [0.2, 0.25) is 0 Å². The maximum absolute atomic E-state index is 11.2. The normalized spacial score (nSPS) is 10.1. The summed E-state index contributed by atoms with van der Waals surface area (Å²) in [5, 5.41) is 0. The van der Waals surface area contributed by atoms with Crippen LogP contribution in [0.25, 0.3) is 11.3 Å². The van der Waals surface area contributed by atoms with Crippen molar-refractivity contribution in [1.82, 2.24) is 0 Å². The van der Waals surface area contributed by atoms with Crippen LogP contribution in [0.4, 0.5) is 0 Å². The average Bonchev–Trinajstić information content (AvgIpc) is 2.28. The van der Waals surface area contributed by atoms with E-state index in [1.807, 2.05) is 24.3 Å². The minimum atomic E-state index is -0.375. The van der Waals surface area contributed by atoms with Gasteiger partial charge in [0.15, 0.2) is 0 Å². The third kappa shape index (κ3) is 2.33. The number of hydrogen-bond acceptors (Lipinski definition) is 3. The van der Waals surface area contributed by atoms with Gasteiger partial charge in [-0.2, -0.15) is 0 Å². The highest BCUT2D eigenvalue weighted by Gasteiger charge is 2.03. The molecule has 0 bridgehead atoms. The second-order valence-corrected chi connectivity index (χ2v) is 4.10. The molecule has 0 spiro atoms. The molecule has 0 saturated carbocycles. The fraction of sp³-hybridized carbons (Fsp3) is 0.0833. The third-order valence-corrected chi connectivity index (χ3v) is 2.57. The first-order valence-electron chi connectivity index (χ1n) is 4.64. The van der Waals surface area contributed by atoms with E-state index in [1.54, 1.807) is 13.2 Å². The molecule has 0 atom stereocenters. The molecule has 0 unspecified atom stereocenters. The molecule has 82 valence electrons. The van der Waals surface area contributed by atoms with E-state index in [0.29, 0.717) is 10.2 Å². The Hall–Kier alpha value is -1.55. The average molecular weight is 281 g/mol. The van der Waals surface area contributed by atoms with Crippen LogP contribution in [0, 0.1) is 0 Å². The summed E-state index contributed by atoms with van der Waals surface area (Å²) in [6.07, 6.45) is 0. The number of methoxy groups -OCH3 is 1. The van der Waals surface area contributed by atoms with Crippen molar-refractivity contribution in [2.75, 3.05) is 7.11 Å². The largest absolute Gasteiger partial charge is 0.497 e. The minimum absolute atomic E-state index is 0.375. The Bertz CT molecular complexity index is 543. The van der Waals surface area contributed by atoms with Gasteiger partial charge in [-0.1, -0.05) is 15.9 Å². The standard InChI is InChI=1S/C12H9BrO3/c1-15-10-4-2-8(3-5-10)11-6-9(13)7-12(14)16-11/h2-7H,1H3. The number of rotatable bonds is 2. The summed E-state index contributed by atoms with van der Waals surface area (Å²) < 4.78 is 10.8. The Balaban J connectivity index is 2.46. The lowest BCUT2D eigenvalue weighted by Gasteiger charge is -2.02. The molecule has 2 aromatic rings. The summed E-state index contributed by atoms with van der Waals surface area (Å²) >= 11 is 3.25. The smallest absolute Gasteiger partial charge is 0.337 e. The van der Waals surface area contributed by atoms with E-state index in [1.165, 1.54) is 6.07 Å². The zero-order valence-electron chi connectivity index (χ0n) is 8.57. The van der Waals surface area contributed by atoms with Crippen LogP contribution < -0.4 is 10.4 Å². The predicted octanol–water partition coefficient (Wildman–Crippen LogP) is 3.08. The van der Waals surface area contributed by atoms with E-state index >= 15 is 0 Å². The van der Waals surface area contributed by atoms with Crippen molar-refractivity contribution in [1.29, 1.82) is 0 Å². The Morgan fingerprint density at radius 2 is 1.88 bits per heavy atom. The van der Waals surface area contributed by atoms with Gasteiger partial charge in [0.25, 0.3) is 0 Å². The molecule has 0 radical (unpaired) electrons. The maximum atomic E-state index is 11.2. The van der Waals surface area contributed by atoms with Crippen LogP contribution in [-0.2, 0) is 0 Å². The molecule has 1 heterocycles. The summed E-state index contributed by atoms with van der Waals surface area (Å²) in [5.41, 5.74) is 0.458. The zero-order valence-corrected chi connectivity index (χ0v) is 10.2. The molecule has 0 aliphatic heterocycles. The van der Waals surface area contributed by atoms with E-state index in [9.17, 15) is 4.79 Å². The number of hydrogen-bond donors (Lipinski definition) is 0. The Labute approximate surface area is 101 Å². The fourth-order valence-electron chi connectivity index (χ4n) is 1.34. The van der Waals surface area contributed by atoms with E-state index in [2.05, 4.69) is 15.9 Å². The summed E-state index contributed by atoms with van der Waals surface area (Å²) in [7, 11) is 1.61. The molecule has 0 amide bonds. The highest BCUT2D eigenvalue weighted by molar-refractivity contribution is 9.10. The molecule has 16 heavy (non-hydrogen) atoms. The van der Waals surface area contributed by atoms with Gasteiger partial charge in [0, 0.05) is 16.1 Å². The van der Waals surface area contributed by atoms with Crippen LogP contribution in [0.5, 0.6) is 5.75 Å². The molecular formula is C12H9BrO3. The lowest BCUT2D eigenvalue weighted by atomic mass is 10.1. The first kappa shape index (κ1) is 11.0. The Kier molecular flexibility index (Phi) is 3.10. The topological polar surface area (TPSA) is 39.4 Å². The van der Waals surface area contributed by atoms with Crippen LogP contribution in [0.1, 0.15) is 0 Å². The monoisotopic (exact) mass is 280 g/mol. The van der Waals surface area contributed by atoms with Gasteiger partial charge in [-0.3, -0.25) is 0 Å². The summed E-state index contributed by atoms with van der Waals surface area (Å²) in [6.45, 7) is 0. The van der Waals surface area contributed by atoms with Crippen LogP contribution in [0.15, 0.2) is 50.1 Å². The highest BCUT2D eigenvalue weighted by atomic mass is 79.9. The molecule has 0 fully saturated rings. The lowest BCUT2D eigenvalue weighted by molar-refractivity contribution is 0.415. The molecule has 1 aromatic heterocycles. The first-order chi connectivity index (χ1) is 7.69. The van der Waals surface area contributed by atoms with Crippen molar-refractivity contribution in [2.24, 2.45) is 0 Å². The zero-order chi connectivity index (χ0) is 11.5. The molecule has 0 N–H and O–H groups in total. The number of halogens is 1.